The van der Waals surface area contributed by atoms with Crippen LogP contribution in [0, 0.1) is 12.7 Å². The Morgan fingerprint density at radius 1 is 1.11 bits per heavy atom. The Balaban J connectivity index is 1.75. The van der Waals surface area contributed by atoms with Gasteiger partial charge in [0.05, 0.1) is 0 Å². The fraction of sp³-hybridized carbons (Fsp3) is 0.250. The van der Waals surface area contributed by atoms with Crippen LogP contribution in [0.2, 0.25) is 5.02 Å². The third kappa shape index (κ3) is 2.59. The molecular formula is C16H15ClFN. The number of nitrogens with one attached hydrogen (secondary N) is 1. The molecule has 0 saturated heterocycles. The molecule has 98 valence electrons. The molecule has 0 aliphatic heterocycles. The molecule has 2 aromatic rings. The minimum atomic E-state index is -0.163. The second-order valence-electron chi connectivity index (χ2n) is 5.13. The fourth-order valence-electron chi connectivity index (χ4n) is 2.61. The molecule has 3 heteroatoms. The zero-order valence-electron chi connectivity index (χ0n) is 10.7. The molecule has 1 atom stereocenters. The van der Waals surface area contributed by atoms with E-state index in [1.54, 1.807) is 19.1 Å². The zero-order chi connectivity index (χ0) is 13.4. The average molecular weight is 276 g/mol. The average Bonchev–Trinajstić information content (AvgIpc) is 2.75. The Bertz CT molecular complexity index is 624. The largest absolute Gasteiger partial charge is 0.382 e. The lowest BCUT2D eigenvalue weighted by Crippen LogP contribution is -2.19. The van der Waals surface area contributed by atoms with E-state index in [0.717, 1.165) is 23.6 Å². The number of rotatable bonds is 2. The summed E-state index contributed by atoms with van der Waals surface area (Å²) >= 11 is 6.00. The molecule has 19 heavy (non-hydrogen) atoms. The maximum atomic E-state index is 13.5. The molecule has 1 nitrogen and oxygen atoms in total. The summed E-state index contributed by atoms with van der Waals surface area (Å²) in [5.41, 5.74) is 4.13. The Kier molecular flexibility index (Phi) is 3.19. The predicted molar refractivity (Wildman–Crippen MR) is 77.4 cm³/mol. The van der Waals surface area contributed by atoms with E-state index in [1.807, 2.05) is 18.2 Å². The van der Waals surface area contributed by atoms with Crippen LogP contribution < -0.4 is 5.32 Å². The van der Waals surface area contributed by atoms with Crippen molar-refractivity contribution in [1.29, 1.82) is 0 Å². The van der Waals surface area contributed by atoms with Crippen LogP contribution in [0.15, 0.2) is 36.4 Å². The molecule has 1 aliphatic carbocycles. The first-order valence-electron chi connectivity index (χ1n) is 6.42. The van der Waals surface area contributed by atoms with Gasteiger partial charge in [0.15, 0.2) is 0 Å². The molecule has 0 bridgehead atoms. The summed E-state index contributed by atoms with van der Waals surface area (Å²) in [6.45, 7) is 1.77. The highest BCUT2D eigenvalue weighted by Crippen LogP contribution is 2.27. The van der Waals surface area contributed by atoms with Crippen LogP contribution in [0.3, 0.4) is 0 Å². The van der Waals surface area contributed by atoms with Gasteiger partial charge in [0, 0.05) is 16.8 Å². The Labute approximate surface area is 117 Å². The zero-order valence-corrected chi connectivity index (χ0v) is 11.5. The van der Waals surface area contributed by atoms with Gasteiger partial charge in [-0.3, -0.25) is 0 Å². The van der Waals surface area contributed by atoms with Crippen LogP contribution in [0.1, 0.15) is 16.7 Å². The van der Waals surface area contributed by atoms with Gasteiger partial charge in [0.2, 0.25) is 0 Å². The first kappa shape index (κ1) is 12.5. The standard InChI is InChI=1S/C16H15ClFN/c1-10-2-5-14(9-16(10)18)19-15-7-11-3-4-13(17)6-12(11)8-15/h2-6,9,15,19H,7-8H2,1H3. The van der Waals surface area contributed by atoms with Gasteiger partial charge in [-0.1, -0.05) is 23.7 Å². The lowest BCUT2D eigenvalue weighted by Gasteiger charge is -2.14. The highest BCUT2D eigenvalue weighted by atomic mass is 35.5. The first-order valence-corrected chi connectivity index (χ1v) is 6.79. The summed E-state index contributed by atoms with van der Waals surface area (Å²) in [7, 11) is 0. The minimum absolute atomic E-state index is 0.163. The number of halogens is 2. The third-order valence-electron chi connectivity index (χ3n) is 3.64. The highest BCUT2D eigenvalue weighted by Gasteiger charge is 2.21. The molecule has 0 spiro atoms. The van der Waals surface area contributed by atoms with Crippen molar-refractivity contribution in [3.05, 3.63) is 63.9 Å². The number of benzene rings is 2. The Morgan fingerprint density at radius 2 is 1.89 bits per heavy atom. The van der Waals surface area contributed by atoms with Gasteiger partial charge in [0.1, 0.15) is 5.82 Å². The van der Waals surface area contributed by atoms with Gasteiger partial charge in [-0.15, -0.1) is 0 Å². The van der Waals surface area contributed by atoms with Crippen molar-refractivity contribution >= 4 is 17.3 Å². The molecule has 2 aromatic carbocycles. The Hall–Kier alpha value is -1.54. The van der Waals surface area contributed by atoms with Crippen LogP contribution in [0.25, 0.3) is 0 Å². The number of anilines is 1. The van der Waals surface area contributed by atoms with Crippen molar-refractivity contribution in [2.45, 2.75) is 25.8 Å². The van der Waals surface area contributed by atoms with Crippen molar-refractivity contribution in [2.24, 2.45) is 0 Å². The summed E-state index contributed by atoms with van der Waals surface area (Å²) in [4.78, 5) is 0. The van der Waals surface area contributed by atoms with Gasteiger partial charge in [-0.2, -0.15) is 0 Å². The van der Waals surface area contributed by atoms with Gasteiger partial charge in [0.25, 0.3) is 0 Å². The molecule has 0 saturated carbocycles. The molecule has 0 heterocycles. The van der Waals surface area contributed by atoms with Gasteiger partial charge in [-0.25, -0.2) is 4.39 Å². The molecule has 1 N–H and O–H groups in total. The maximum absolute atomic E-state index is 13.5. The fourth-order valence-corrected chi connectivity index (χ4v) is 2.80. The van der Waals surface area contributed by atoms with Crippen LogP contribution in [0.5, 0.6) is 0 Å². The summed E-state index contributed by atoms with van der Waals surface area (Å²) in [6, 6.07) is 11.6. The minimum Gasteiger partial charge on any atom is -0.382 e. The first-order chi connectivity index (χ1) is 9.11. The van der Waals surface area contributed by atoms with E-state index in [0.29, 0.717) is 11.6 Å². The smallest absolute Gasteiger partial charge is 0.128 e. The van der Waals surface area contributed by atoms with E-state index in [2.05, 4.69) is 11.4 Å². The SMILES string of the molecule is Cc1ccc(NC2Cc3ccc(Cl)cc3C2)cc1F. The van der Waals surface area contributed by atoms with Crippen LogP contribution >= 0.6 is 11.6 Å². The van der Waals surface area contributed by atoms with Gasteiger partial charge in [-0.05, 0) is 60.7 Å². The van der Waals surface area contributed by atoms with E-state index >= 15 is 0 Å². The predicted octanol–water partition coefficient (Wildman–Crippen LogP) is 4.37. The monoisotopic (exact) mass is 275 g/mol. The number of fused-ring (bicyclic) bond motifs is 1. The topological polar surface area (TPSA) is 12.0 Å². The van der Waals surface area contributed by atoms with Crippen LogP contribution in [0.4, 0.5) is 10.1 Å². The normalized spacial score (nSPS) is 17.3. The van der Waals surface area contributed by atoms with Crippen molar-refractivity contribution < 1.29 is 4.39 Å². The molecule has 0 radical (unpaired) electrons. The summed E-state index contributed by atoms with van der Waals surface area (Å²) < 4.78 is 13.5. The van der Waals surface area contributed by atoms with Crippen molar-refractivity contribution in [3.63, 3.8) is 0 Å². The van der Waals surface area contributed by atoms with E-state index < -0.39 is 0 Å². The lowest BCUT2D eigenvalue weighted by molar-refractivity contribution is 0.618. The Morgan fingerprint density at radius 3 is 2.68 bits per heavy atom. The van der Waals surface area contributed by atoms with Gasteiger partial charge < -0.3 is 5.32 Å². The molecule has 0 amide bonds. The van der Waals surface area contributed by atoms with E-state index in [4.69, 9.17) is 11.6 Å². The molecule has 0 fully saturated rings. The van der Waals surface area contributed by atoms with Gasteiger partial charge >= 0.3 is 0 Å². The summed E-state index contributed by atoms with van der Waals surface area (Å²) in [5.74, 6) is -0.163. The second-order valence-corrected chi connectivity index (χ2v) is 5.56. The van der Waals surface area contributed by atoms with E-state index in [-0.39, 0.29) is 5.82 Å². The second kappa shape index (κ2) is 4.86. The van der Waals surface area contributed by atoms with Crippen molar-refractivity contribution in [2.75, 3.05) is 5.32 Å². The number of hydrogen-bond acceptors (Lipinski definition) is 1. The number of aryl methyl sites for hydroxylation is 1. The van der Waals surface area contributed by atoms with Crippen molar-refractivity contribution in [1.82, 2.24) is 0 Å². The summed E-state index contributed by atoms with van der Waals surface area (Å²) in [6.07, 6.45) is 1.90. The molecular weight excluding hydrogens is 261 g/mol. The molecule has 3 rings (SSSR count). The molecule has 0 aromatic heterocycles. The van der Waals surface area contributed by atoms with Crippen LogP contribution in [-0.4, -0.2) is 6.04 Å². The van der Waals surface area contributed by atoms with E-state index in [1.165, 1.54) is 11.1 Å². The third-order valence-corrected chi connectivity index (χ3v) is 3.88. The quantitative estimate of drug-likeness (QED) is 0.858. The molecule has 1 unspecified atom stereocenters. The number of hydrogen-bond donors (Lipinski definition) is 1. The molecule has 1 aliphatic rings. The highest BCUT2D eigenvalue weighted by molar-refractivity contribution is 6.30. The van der Waals surface area contributed by atoms with Crippen molar-refractivity contribution in [3.8, 4) is 0 Å². The maximum Gasteiger partial charge on any atom is 0.128 e. The van der Waals surface area contributed by atoms with E-state index in [9.17, 15) is 4.39 Å². The lowest BCUT2D eigenvalue weighted by atomic mass is 10.1. The summed E-state index contributed by atoms with van der Waals surface area (Å²) in [5, 5.41) is 4.17. The van der Waals surface area contributed by atoms with Crippen LogP contribution in [-0.2, 0) is 12.8 Å².